The molecule has 0 fully saturated rings. The van der Waals surface area contributed by atoms with Crippen LogP contribution in [0.1, 0.15) is 0 Å². The minimum atomic E-state index is -0.989. The smallest absolute Gasteiger partial charge is 0.319 e. The molecule has 0 aliphatic heterocycles. The minimum Gasteiger partial charge on any atom is -0.493 e. The van der Waals surface area contributed by atoms with Crippen LogP contribution in [0.25, 0.3) is 0 Å². The summed E-state index contributed by atoms with van der Waals surface area (Å²) in [7, 11) is 3.02. The van der Waals surface area contributed by atoms with Crippen molar-refractivity contribution in [1.29, 1.82) is 0 Å². The summed E-state index contributed by atoms with van der Waals surface area (Å²) in [5.74, 6) is -0.715. The molecule has 0 heterocycles. The van der Waals surface area contributed by atoms with Gasteiger partial charge in [0.2, 0.25) is 0 Å². The minimum absolute atomic E-state index is 0.102. The van der Waals surface area contributed by atoms with E-state index in [1.54, 1.807) is 18.2 Å². The number of halogens is 2. The first-order chi connectivity index (χ1) is 12.0. The monoisotopic (exact) mass is 352 g/mol. The number of carbonyl (C=O) groups excluding carboxylic acids is 1. The lowest BCUT2D eigenvalue weighted by Crippen LogP contribution is -2.32. The van der Waals surface area contributed by atoms with E-state index in [2.05, 4.69) is 10.6 Å². The van der Waals surface area contributed by atoms with E-state index in [1.807, 2.05) is 0 Å². The third-order valence-corrected chi connectivity index (χ3v) is 3.19. The van der Waals surface area contributed by atoms with E-state index in [0.717, 1.165) is 12.1 Å². The molecular weight excluding hydrogens is 334 g/mol. The van der Waals surface area contributed by atoms with Crippen molar-refractivity contribution in [1.82, 2.24) is 5.32 Å². The normalized spacial score (nSPS) is 10.1. The van der Waals surface area contributed by atoms with Crippen LogP contribution >= 0.6 is 0 Å². The van der Waals surface area contributed by atoms with E-state index in [4.69, 9.17) is 14.2 Å². The molecule has 134 valence electrons. The summed E-state index contributed by atoms with van der Waals surface area (Å²) < 4.78 is 41.3. The number of anilines is 1. The number of rotatable bonds is 7. The molecule has 6 nitrogen and oxygen atoms in total. The highest BCUT2D eigenvalue weighted by atomic mass is 19.2. The van der Waals surface area contributed by atoms with Gasteiger partial charge >= 0.3 is 6.03 Å². The molecule has 0 radical (unpaired) electrons. The second kappa shape index (κ2) is 8.72. The summed E-state index contributed by atoms with van der Waals surface area (Å²) in [6, 6.07) is 7.74. The Kier molecular flexibility index (Phi) is 6.39. The summed E-state index contributed by atoms with van der Waals surface area (Å²) in [5, 5.41) is 5.21. The van der Waals surface area contributed by atoms with Crippen LogP contribution in [0.5, 0.6) is 17.2 Å². The van der Waals surface area contributed by atoms with Gasteiger partial charge in [-0.2, -0.15) is 0 Å². The SMILES string of the molecule is COc1ccc(NC(=O)NCCOc2ccc(F)c(F)c2)cc1OC. The van der Waals surface area contributed by atoms with Crippen molar-refractivity contribution in [3.63, 3.8) is 0 Å². The zero-order chi connectivity index (χ0) is 18.2. The Morgan fingerprint density at radius 2 is 1.76 bits per heavy atom. The average molecular weight is 352 g/mol. The van der Waals surface area contributed by atoms with Crippen molar-refractivity contribution in [3.05, 3.63) is 48.0 Å². The van der Waals surface area contributed by atoms with Crippen LogP contribution < -0.4 is 24.8 Å². The molecule has 2 aromatic carbocycles. The number of nitrogens with one attached hydrogen (secondary N) is 2. The third-order valence-electron chi connectivity index (χ3n) is 3.19. The van der Waals surface area contributed by atoms with Gasteiger partial charge < -0.3 is 24.8 Å². The Morgan fingerprint density at radius 3 is 2.44 bits per heavy atom. The van der Waals surface area contributed by atoms with Crippen LogP contribution in [0.3, 0.4) is 0 Å². The van der Waals surface area contributed by atoms with E-state index in [9.17, 15) is 13.6 Å². The lowest BCUT2D eigenvalue weighted by atomic mass is 10.3. The number of benzene rings is 2. The van der Waals surface area contributed by atoms with Gasteiger partial charge in [-0.3, -0.25) is 0 Å². The topological polar surface area (TPSA) is 68.8 Å². The molecule has 0 saturated heterocycles. The predicted molar refractivity (Wildman–Crippen MR) is 88.4 cm³/mol. The van der Waals surface area contributed by atoms with E-state index in [1.165, 1.54) is 20.3 Å². The van der Waals surface area contributed by atoms with Crippen molar-refractivity contribution in [2.24, 2.45) is 0 Å². The quantitative estimate of drug-likeness (QED) is 0.751. The van der Waals surface area contributed by atoms with Crippen molar-refractivity contribution < 1.29 is 27.8 Å². The van der Waals surface area contributed by atoms with Gasteiger partial charge in [0.1, 0.15) is 12.4 Å². The second-order valence-electron chi connectivity index (χ2n) is 4.88. The fourth-order valence-corrected chi connectivity index (χ4v) is 1.99. The highest BCUT2D eigenvalue weighted by Gasteiger charge is 2.07. The van der Waals surface area contributed by atoms with Gasteiger partial charge in [0, 0.05) is 17.8 Å². The molecule has 0 atom stereocenters. The van der Waals surface area contributed by atoms with E-state index < -0.39 is 17.7 Å². The molecule has 0 spiro atoms. The third kappa shape index (κ3) is 5.23. The molecule has 0 aliphatic rings. The molecule has 0 bridgehead atoms. The van der Waals surface area contributed by atoms with Crippen molar-refractivity contribution in [2.45, 2.75) is 0 Å². The Hall–Kier alpha value is -3.03. The van der Waals surface area contributed by atoms with Gasteiger partial charge in [-0.05, 0) is 24.3 Å². The number of hydrogen-bond donors (Lipinski definition) is 2. The zero-order valence-corrected chi connectivity index (χ0v) is 13.8. The van der Waals surface area contributed by atoms with E-state index >= 15 is 0 Å². The maximum atomic E-state index is 13.0. The number of methoxy groups -OCH3 is 2. The van der Waals surface area contributed by atoms with Gasteiger partial charge in [0.15, 0.2) is 23.1 Å². The van der Waals surface area contributed by atoms with E-state index in [0.29, 0.717) is 17.2 Å². The maximum Gasteiger partial charge on any atom is 0.319 e. The average Bonchev–Trinajstić information content (AvgIpc) is 2.61. The first kappa shape index (κ1) is 18.3. The number of carbonyl (C=O) groups is 1. The lowest BCUT2D eigenvalue weighted by Gasteiger charge is -2.11. The fourth-order valence-electron chi connectivity index (χ4n) is 1.99. The molecule has 0 saturated carbocycles. The summed E-state index contributed by atoms with van der Waals surface area (Å²) in [6.45, 7) is 0.280. The molecule has 2 N–H and O–H groups in total. The molecule has 0 aliphatic carbocycles. The number of hydrogen-bond acceptors (Lipinski definition) is 4. The number of urea groups is 1. The van der Waals surface area contributed by atoms with Gasteiger partial charge in [0.25, 0.3) is 0 Å². The van der Waals surface area contributed by atoms with Gasteiger partial charge in [-0.15, -0.1) is 0 Å². The first-order valence-corrected chi connectivity index (χ1v) is 7.38. The molecular formula is C17H18F2N2O4. The molecule has 8 heteroatoms. The van der Waals surface area contributed by atoms with E-state index in [-0.39, 0.29) is 18.9 Å². The van der Waals surface area contributed by atoms with Crippen LogP contribution in [0.2, 0.25) is 0 Å². The molecule has 2 amide bonds. The van der Waals surface area contributed by atoms with Gasteiger partial charge in [-0.25, -0.2) is 13.6 Å². The summed E-state index contributed by atoms with van der Waals surface area (Å²) in [5.41, 5.74) is 0.525. The predicted octanol–water partition coefficient (Wildman–Crippen LogP) is 3.18. The standard InChI is InChI=1S/C17H18F2N2O4/c1-23-15-6-3-11(9-16(15)24-2)21-17(22)20-7-8-25-12-4-5-13(18)14(19)10-12/h3-6,9-10H,7-8H2,1-2H3,(H2,20,21,22). The highest BCUT2D eigenvalue weighted by molar-refractivity contribution is 5.89. The first-order valence-electron chi connectivity index (χ1n) is 7.38. The Bertz CT molecular complexity index is 741. The van der Waals surface area contributed by atoms with Crippen LogP contribution in [0, 0.1) is 11.6 Å². The molecule has 25 heavy (non-hydrogen) atoms. The van der Waals surface area contributed by atoms with Crippen LogP contribution in [0.4, 0.5) is 19.3 Å². The molecule has 2 rings (SSSR count). The maximum absolute atomic E-state index is 13.0. The molecule has 0 unspecified atom stereocenters. The van der Waals surface area contributed by atoms with Crippen molar-refractivity contribution >= 4 is 11.7 Å². The number of ether oxygens (including phenoxy) is 3. The Labute approximate surface area is 143 Å². The second-order valence-corrected chi connectivity index (χ2v) is 4.88. The summed E-state index contributed by atoms with van der Waals surface area (Å²) >= 11 is 0. The molecule has 0 aromatic heterocycles. The zero-order valence-electron chi connectivity index (χ0n) is 13.8. The number of amides is 2. The lowest BCUT2D eigenvalue weighted by molar-refractivity contribution is 0.247. The van der Waals surface area contributed by atoms with Crippen LogP contribution in [-0.2, 0) is 0 Å². The summed E-state index contributed by atoms with van der Waals surface area (Å²) in [6.07, 6.45) is 0. The van der Waals surface area contributed by atoms with Crippen molar-refractivity contribution in [3.8, 4) is 17.2 Å². The largest absolute Gasteiger partial charge is 0.493 e. The Balaban J connectivity index is 1.78. The Morgan fingerprint density at radius 1 is 1.00 bits per heavy atom. The van der Waals surface area contributed by atoms with Crippen LogP contribution in [-0.4, -0.2) is 33.4 Å². The fraction of sp³-hybridized carbons (Fsp3) is 0.235. The summed E-state index contributed by atoms with van der Waals surface area (Å²) in [4.78, 5) is 11.8. The van der Waals surface area contributed by atoms with Gasteiger partial charge in [0.05, 0.1) is 20.8 Å². The van der Waals surface area contributed by atoms with Crippen molar-refractivity contribution in [2.75, 3.05) is 32.7 Å². The highest BCUT2D eigenvalue weighted by Crippen LogP contribution is 2.29. The van der Waals surface area contributed by atoms with Crippen LogP contribution in [0.15, 0.2) is 36.4 Å². The molecule has 2 aromatic rings. The van der Waals surface area contributed by atoms with Gasteiger partial charge in [-0.1, -0.05) is 0 Å².